The van der Waals surface area contributed by atoms with Crippen LogP contribution in [0.15, 0.2) is 25.3 Å². The van der Waals surface area contributed by atoms with E-state index in [1.165, 1.54) is 0 Å². The number of carboxylic acids is 1. The minimum atomic E-state index is -0.955. The Bertz CT molecular complexity index is 287. The average molecular weight is 274 g/mol. The van der Waals surface area contributed by atoms with Crippen LogP contribution < -0.4 is 22.9 Å². The molecule has 1 atom stereocenters. The Morgan fingerprint density at radius 1 is 1.11 bits per heavy atom. The number of hydrogen-bond acceptors (Lipinski definition) is 5. The number of rotatable bonds is 6. The van der Waals surface area contributed by atoms with Gasteiger partial charge in [-0.05, 0) is 31.5 Å². The first kappa shape index (κ1) is 22.0. The average Bonchev–Trinajstić information content (AvgIpc) is 2.36. The van der Waals surface area contributed by atoms with Gasteiger partial charge in [0.1, 0.15) is 6.04 Å². The van der Waals surface area contributed by atoms with E-state index in [0.29, 0.717) is 19.4 Å². The third-order valence-electron chi connectivity index (χ3n) is 1.44. The van der Waals surface area contributed by atoms with Crippen molar-refractivity contribution in [3.63, 3.8) is 0 Å². The zero-order chi connectivity index (χ0) is 15.8. The lowest BCUT2D eigenvalue weighted by Crippen LogP contribution is -2.30. The molecule has 0 bridgehead atoms. The van der Waals surface area contributed by atoms with Crippen molar-refractivity contribution >= 4 is 17.8 Å². The molecular weight excluding hydrogens is 252 g/mol. The molecule has 0 radical (unpaired) electrons. The summed E-state index contributed by atoms with van der Waals surface area (Å²) in [6.45, 7) is 6.67. The SMILES string of the molecule is C=CC(N)=O.C=CC(N)=O.NCCC[C@H](N)C(=O)O. The molecule has 110 valence electrons. The normalized spacial score (nSPS) is 9.58. The van der Waals surface area contributed by atoms with Crippen molar-refractivity contribution < 1.29 is 19.5 Å². The van der Waals surface area contributed by atoms with Crippen LogP contribution in [0.5, 0.6) is 0 Å². The van der Waals surface area contributed by atoms with Crippen molar-refractivity contribution in [2.24, 2.45) is 22.9 Å². The number of carbonyl (C=O) groups is 3. The van der Waals surface area contributed by atoms with E-state index in [2.05, 4.69) is 24.6 Å². The van der Waals surface area contributed by atoms with Crippen molar-refractivity contribution in [2.75, 3.05) is 6.54 Å². The molecule has 9 N–H and O–H groups in total. The van der Waals surface area contributed by atoms with Crippen LogP contribution in [0.1, 0.15) is 12.8 Å². The highest BCUT2D eigenvalue weighted by Gasteiger charge is 2.08. The van der Waals surface area contributed by atoms with Crippen LogP contribution >= 0.6 is 0 Å². The maximum Gasteiger partial charge on any atom is 0.320 e. The Labute approximate surface area is 112 Å². The Kier molecular flexibility index (Phi) is 18.3. The van der Waals surface area contributed by atoms with Crippen LogP contribution in [0, 0.1) is 0 Å². The highest BCUT2D eigenvalue weighted by atomic mass is 16.4. The summed E-state index contributed by atoms with van der Waals surface area (Å²) < 4.78 is 0. The first-order valence-corrected chi connectivity index (χ1v) is 5.25. The predicted octanol–water partition coefficient (Wildman–Crippen LogP) is -1.55. The van der Waals surface area contributed by atoms with Crippen molar-refractivity contribution in [1.82, 2.24) is 0 Å². The third-order valence-corrected chi connectivity index (χ3v) is 1.44. The van der Waals surface area contributed by atoms with Crippen LogP contribution in [-0.4, -0.2) is 35.5 Å². The molecule has 0 aromatic heterocycles. The zero-order valence-corrected chi connectivity index (χ0v) is 10.7. The van der Waals surface area contributed by atoms with Crippen LogP contribution in [0.2, 0.25) is 0 Å². The maximum absolute atomic E-state index is 10.0. The Morgan fingerprint density at radius 2 is 1.42 bits per heavy atom. The molecule has 0 aliphatic carbocycles. The molecular formula is C11H22N4O4. The number of hydrogen-bond donors (Lipinski definition) is 5. The number of primary amides is 2. The second-order valence-electron chi connectivity index (χ2n) is 3.09. The smallest absolute Gasteiger partial charge is 0.320 e. The van der Waals surface area contributed by atoms with Gasteiger partial charge in [0.25, 0.3) is 0 Å². The van der Waals surface area contributed by atoms with Crippen molar-refractivity contribution in [3.05, 3.63) is 25.3 Å². The first-order valence-electron chi connectivity index (χ1n) is 5.25. The fourth-order valence-electron chi connectivity index (χ4n) is 0.461. The predicted molar refractivity (Wildman–Crippen MR) is 72.7 cm³/mol. The number of carbonyl (C=O) groups excluding carboxylic acids is 2. The van der Waals surface area contributed by atoms with E-state index in [4.69, 9.17) is 16.6 Å². The van der Waals surface area contributed by atoms with Gasteiger partial charge in [-0.15, -0.1) is 0 Å². The molecule has 0 saturated heterocycles. The lowest BCUT2D eigenvalue weighted by Gasteiger charge is -2.02. The summed E-state index contributed by atoms with van der Waals surface area (Å²) >= 11 is 0. The third kappa shape index (κ3) is 31.3. The van der Waals surface area contributed by atoms with E-state index < -0.39 is 23.8 Å². The van der Waals surface area contributed by atoms with Gasteiger partial charge in [0, 0.05) is 0 Å². The van der Waals surface area contributed by atoms with Gasteiger partial charge in [-0.3, -0.25) is 14.4 Å². The fraction of sp³-hybridized carbons (Fsp3) is 0.364. The summed E-state index contributed by atoms with van der Waals surface area (Å²) in [7, 11) is 0. The molecule has 8 nitrogen and oxygen atoms in total. The fourth-order valence-corrected chi connectivity index (χ4v) is 0.461. The molecule has 0 heterocycles. The highest BCUT2D eigenvalue weighted by molar-refractivity contribution is 5.85. The number of nitrogens with two attached hydrogens (primary N) is 4. The van der Waals surface area contributed by atoms with Gasteiger partial charge in [0.05, 0.1) is 0 Å². The number of amides is 2. The summed E-state index contributed by atoms with van der Waals surface area (Å²) in [5, 5.41) is 8.24. The maximum atomic E-state index is 10.0. The van der Waals surface area contributed by atoms with Gasteiger partial charge in [-0.25, -0.2) is 0 Å². The molecule has 19 heavy (non-hydrogen) atoms. The van der Waals surface area contributed by atoms with Gasteiger partial charge in [0.2, 0.25) is 11.8 Å². The van der Waals surface area contributed by atoms with Gasteiger partial charge in [-0.1, -0.05) is 13.2 Å². The van der Waals surface area contributed by atoms with E-state index in [1.807, 2.05) is 0 Å². The molecule has 0 saturated carbocycles. The van der Waals surface area contributed by atoms with E-state index >= 15 is 0 Å². The first-order chi connectivity index (χ1) is 8.72. The lowest BCUT2D eigenvalue weighted by molar-refractivity contribution is -0.138. The van der Waals surface area contributed by atoms with Crippen molar-refractivity contribution in [2.45, 2.75) is 18.9 Å². The minimum Gasteiger partial charge on any atom is -0.480 e. The second kappa shape index (κ2) is 15.8. The Hall–Kier alpha value is -2.19. The molecule has 2 amide bonds. The molecule has 0 unspecified atom stereocenters. The van der Waals surface area contributed by atoms with Crippen LogP contribution in [-0.2, 0) is 14.4 Å². The van der Waals surface area contributed by atoms with E-state index in [0.717, 1.165) is 12.2 Å². The number of aliphatic carboxylic acids is 1. The van der Waals surface area contributed by atoms with Crippen LogP contribution in [0.4, 0.5) is 0 Å². The van der Waals surface area contributed by atoms with Crippen LogP contribution in [0.25, 0.3) is 0 Å². The number of carboxylic acid groups (broad SMARTS) is 1. The molecule has 0 rings (SSSR count). The minimum absolute atomic E-state index is 0.464. The topological polar surface area (TPSA) is 176 Å². The standard InChI is InChI=1S/C5H12N2O2.2C3H5NO/c6-3-1-2-4(7)5(8)9;2*1-2-3(4)5/h4H,1-3,6-7H2,(H,8,9);2*2H,1H2,(H2,4,5)/t4-;;/m0../s1. The molecule has 0 aliphatic heterocycles. The lowest BCUT2D eigenvalue weighted by atomic mass is 10.2. The van der Waals surface area contributed by atoms with Crippen molar-refractivity contribution in [1.29, 1.82) is 0 Å². The van der Waals surface area contributed by atoms with E-state index in [9.17, 15) is 14.4 Å². The zero-order valence-electron chi connectivity index (χ0n) is 10.7. The molecule has 0 aromatic carbocycles. The quantitative estimate of drug-likeness (QED) is 0.366. The van der Waals surface area contributed by atoms with E-state index in [1.54, 1.807) is 0 Å². The molecule has 0 aliphatic rings. The van der Waals surface area contributed by atoms with Crippen LogP contribution in [0.3, 0.4) is 0 Å². The highest BCUT2D eigenvalue weighted by Crippen LogP contribution is 1.91. The molecule has 0 spiro atoms. The second-order valence-corrected chi connectivity index (χ2v) is 3.09. The van der Waals surface area contributed by atoms with Gasteiger partial charge in [0.15, 0.2) is 0 Å². The van der Waals surface area contributed by atoms with Gasteiger partial charge < -0.3 is 28.0 Å². The summed E-state index contributed by atoms with van der Waals surface area (Å²) in [4.78, 5) is 29.0. The monoisotopic (exact) mass is 274 g/mol. The summed E-state index contributed by atoms with van der Waals surface area (Å²) in [6, 6.07) is -0.742. The summed E-state index contributed by atoms with van der Waals surface area (Å²) in [5.74, 6) is -1.92. The Balaban J connectivity index is -0.000000219. The molecule has 8 heteroatoms. The van der Waals surface area contributed by atoms with Gasteiger partial charge in [-0.2, -0.15) is 0 Å². The molecule has 0 fully saturated rings. The summed E-state index contributed by atoms with van der Waals surface area (Å²) in [6.07, 6.45) is 3.25. The van der Waals surface area contributed by atoms with E-state index in [-0.39, 0.29) is 0 Å². The van der Waals surface area contributed by atoms with Gasteiger partial charge >= 0.3 is 5.97 Å². The largest absolute Gasteiger partial charge is 0.480 e. The van der Waals surface area contributed by atoms with Crippen molar-refractivity contribution in [3.8, 4) is 0 Å². The Morgan fingerprint density at radius 3 is 1.58 bits per heavy atom. The molecule has 0 aromatic rings. The summed E-state index contributed by atoms with van der Waals surface area (Å²) in [5.41, 5.74) is 19.3.